The second-order valence-corrected chi connectivity index (χ2v) is 6.43. The Morgan fingerprint density at radius 3 is 1.84 bits per heavy atom. The molecule has 0 radical (unpaired) electrons. The van der Waals surface area contributed by atoms with E-state index in [0.717, 1.165) is 38.0 Å². The molecule has 0 aliphatic rings. The standard InChI is InChI=1S/C21H32O4/c1-4-7-15-20(22)24-18-13-9-10-14-19(18)25-21(23)16-11-8-12-17(5-2)6-3/h9-10,13-14,17H,4-8,11-12,15-16H2,1-3H3. The molecule has 1 aromatic rings. The molecule has 0 aliphatic carbocycles. The van der Waals surface area contributed by atoms with Crippen molar-refractivity contribution in [1.29, 1.82) is 0 Å². The van der Waals surface area contributed by atoms with Gasteiger partial charge < -0.3 is 9.47 Å². The molecule has 0 heterocycles. The predicted molar refractivity (Wildman–Crippen MR) is 99.8 cm³/mol. The molecule has 4 heteroatoms. The summed E-state index contributed by atoms with van der Waals surface area (Å²) in [7, 11) is 0. The molecule has 1 rings (SSSR count). The molecule has 0 unspecified atom stereocenters. The maximum atomic E-state index is 12.0. The second kappa shape index (κ2) is 12.5. The van der Waals surface area contributed by atoms with Crippen LogP contribution in [0.15, 0.2) is 24.3 Å². The summed E-state index contributed by atoms with van der Waals surface area (Å²) in [5.74, 6) is 0.808. The van der Waals surface area contributed by atoms with Gasteiger partial charge >= 0.3 is 11.9 Å². The van der Waals surface area contributed by atoms with Crippen LogP contribution >= 0.6 is 0 Å². The first-order valence-corrected chi connectivity index (χ1v) is 9.61. The normalized spacial score (nSPS) is 10.7. The number of benzene rings is 1. The number of hydrogen-bond acceptors (Lipinski definition) is 4. The average Bonchev–Trinajstić information content (AvgIpc) is 2.61. The van der Waals surface area contributed by atoms with Crippen molar-refractivity contribution in [3.63, 3.8) is 0 Å². The Hall–Kier alpha value is -1.84. The van der Waals surface area contributed by atoms with Crippen LogP contribution in [0.5, 0.6) is 11.5 Å². The molecule has 25 heavy (non-hydrogen) atoms. The van der Waals surface area contributed by atoms with Gasteiger partial charge in [0.15, 0.2) is 11.5 Å². The fourth-order valence-corrected chi connectivity index (χ4v) is 2.69. The number of unbranched alkanes of at least 4 members (excludes halogenated alkanes) is 2. The first kappa shape index (κ1) is 21.2. The van der Waals surface area contributed by atoms with Crippen LogP contribution in [-0.4, -0.2) is 11.9 Å². The average molecular weight is 348 g/mol. The summed E-state index contributed by atoms with van der Waals surface area (Å²) in [6.45, 7) is 6.44. The molecule has 0 saturated heterocycles. The molecular weight excluding hydrogens is 316 g/mol. The van der Waals surface area contributed by atoms with Crippen molar-refractivity contribution in [2.45, 2.75) is 78.6 Å². The molecule has 0 bridgehead atoms. The lowest BCUT2D eigenvalue weighted by Gasteiger charge is -2.12. The van der Waals surface area contributed by atoms with Crippen molar-refractivity contribution in [2.24, 2.45) is 5.92 Å². The summed E-state index contributed by atoms with van der Waals surface area (Å²) >= 11 is 0. The Morgan fingerprint density at radius 2 is 1.36 bits per heavy atom. The minimum Gasteiger partial charge on any atom is -0.423 e. The summed E-state index contributed by atoms with van der Waals surface area (Å²) in [6.07, 6.45) is 7.89. The van der Waals surface area contributed by atoms with Crippen LogP contribution in [0.3, 0.4) is 0 Å². The van der Waals surface area contributed by atoms with Crippen molar-refractivity contribution >= 4 is 11.9 Å². The predicted octanol–water partition coefficient (Wildman–Crippen LogP) is 5.68. The number of esters is 2. The van der Waals surface area contributed by atoms with Crippen LogP contribution in [0.25, 0.3) is 0 Å². The lowest BCUT2D eigenvalue weighted by atomic mass is 9.96. The minimum atomic E-state index is -0.296. The van der Waals surface area contributed by atoms with Gasteiger partial charge in [-0.15, -0.1) is 0 Å². The van der Waals surface area contributed by atoms with Crippen molar-refractivity contribution in [3.05, 3.63) is 24.3 Å². The van der Waals surface area contributed by atoms with E-state index < -0.39 is 0 Å². The molecule has 0 spiro atoms. The maximum absolute atomic E-state index is 12.0. The molecule has 0 aromatic heterocycles. The zero-order valence-corrected chi connectivity index (χ0v) is 15.9. The van der Waals surface area contributed by atoms with Gasteiger partial charge in [0.25, 0.3) is 0 Å². The van der Waals surface area contributed by atoms with Crippen LogP contribution in [0, 0.1) is 5.92 Å². The van der Waals surface area contributed by atoms with Gasteiger partial charge in [-0.1, -0.05) is 65.0 Å². The highest BCUT2D eigenvalue weighted by Gasteiger charge is 2.13. The summed E-state index contributed by atoms with van der Waals surface area (Å²) in [5.41, 5.74) is 0. The van der Waals surface area contributed by atoms with Crippen LogP contribution in [-0.2, 0) is 9.59 Å². The zero-order chi connectivity index (χ0) is 18.5. The van der Waals surface area contributed by atoms with E-state index in [1.165, 1.54) is 12.8 Å². The van der Waals surface area contributed by atoms with Crippen molar-refractivity contribution in [2.75, 3.05) is 0 Å². The molecule has 0 aliphatic heterocycles. The SMILES string of the molecule is CCCCC(=O)Oc1ccccc1OC(=O)CCCCC(CC)CC. The molecular formula is C21H32O4. The van der Waals surface area contributed by atoms with E-state index in [9.17, 15) is 9.59 Å². The summed E-state index contributed by atoms with van der Waals surface area (Å²) < 4.78 is 10.7. The van der Waals surface area contributed by atoms with Gasteiger partial charge in [0.1, 0.15) is 0 Å². The number of hydrogen-bond donors (Lipinski definition) is 0. The van der Waals surface area contributed by atoms with Gasteiger partial charge in [-0.05, 0) is 30.9 Å². The third-order valence-corrected chi connectivity index (χ3v) is 4.43. The minimum absolute atomic E-state index is 0.276. The van der Waals surface area contributed by atoms with Gasteiger partial charge in [-0.3, -0.25) is 9.59 Å². The summed E-state index contributed by atoms with van der Waals surface area (Å²) in [5, 5.41) is 0. The largest absolute Gasteiger partial charge is 0.423 e. The number of carbonyl (C=O) groups is 2. The Bertz CT molecular complexity index is 520. The van der Waals surface area contributed by atoms with Crippen molar-refractivity contribution < 1.29 is 19.1 Å². The van der Waals surface area contributed by atoms with Crippen molar-refractivity contribution in [1.82, 2.24) is 0 Å². The smallest absolute Gasteiger partial charge is 0.311 e. The highest BCUT2D eigenvalue weighted by molar-refractivity contribution is 5.76. The van der Waals surface area contributed by atoms with E-state index in [0.29, 0.717) is 24.3 Å². The highest BCUT2D eigenvalue weighted by atomic mass is 16.6. The Labute approximate surface area is 151 Å². The Kier molecular flexibility index (Phi) is 10.6. The van der Waals surface area contributed by atoms with E-state index >= 15 is 0 Å². The number of para-hydroxylation sites is 2. The third kappa shape index (κ3) is 8.71. The molecule has 0 amide bonds. The van der Waals surface area contributed by atoms with Gasteiger partial charge in [-0.2, -0.15) is 0 Å². The molecule has 4 nitrogen and oxygen atoms in total. The molecule has 0 atom stereocenters. The molecule has 0 fully saturated rings. The van der Waals surface area contributed by atoms with E-state index in [-0.39, 0.29) is 11.9 Å². The first-order chi connectivity index (χ1) is 12.1. The van der Waals surface area contributed by atoms with E-state index in [4.69, 9.17) is 9.47 Å². The van der Waals surface area contributed by atoms with Crippen LogP contribution in [0.4, 0.5) is 0 Å². The second-order valence-electron chi connectivity index (χ2n) is 6.43. The first-order valence-electron chi connectivity index (χ1n) is 9.61. The van der Waals surface area contributed by atoms with Gasteiger partial charge in [0, 0.05) is 12.8 Å². The third-order valence-electron chi connectivity index (χ3n) is 4.43. The Balaban J connectivity index is 2.45. The molecule has 0 saturated carbocycles. The fraction of sp³-hybridized carbons (Fsp3) is 0.619. The lowest BCUT2D eigenvalue weighted by Crippen LogP contribution is -2.12. The monoisotopic (exact) mass is 348 g/mol. The van der Waals surface area contributed by atoms with Crippen LogP contribution < -0.4 is 9.47 Å². The van der Waals surface area contributed by atoms with E-state index in [1.54, 1.807) is 24.3 Å². The van der Waals surface area contributed by atoms with Crippen LogP contribution in [0.2, 0.25) is 0 Å². The van der Waals surface area contributed by atoms with Crippen molar-refractivity contribution in [3.8, 4) is 11.5 Å². The van der Waals surface area contributed by atoms with E-state index in [1.807, 2.05) is 6.92 Å². The molecule has 140 valence electrons. The highest BCUT2D eigenvalue weighted by Crippen LogP contribution is 2.27. The topological polar surface area (TPSA) is 52.6 Å². The zero-order valence-electron chi connectivity index (χ0n) is 15.9. The number of rotatable bonds is 12. The maximum Gasteiger partial charge on any atom is 0.311 e. The number of ether oxygens (including phenoxy) is 2. The van der Waals surface area contributed by atoms with E-state index in [2.05, 4.69) is 13.8 Å². The van der Waals surface area contributed by atoms with Gasteiger partial charge in [0.05, 0.1) is 0 Å². The summed E-state index contributed by atoms with van der Waals surface area (Å²) in [6, 6.07) is 6.83. The quantitative estimate of drug-likeness (QED) is 0.277. The lowest BCUT2D eigenvalue weighted by molar-refractivity contribution is -0.137. The van der Waals surface area contributed by atoms with Gasteiger partial charge in [-0.25, -0.2) is 0 Å². The molecule has 1 aromatic carbocycles. The summed E-state index contributed by atoms with van der Waals surface area (Å²) in [4.78, 5) is 23.8. The molecule has 0 N–H and O–H groups in total. The Morgan fingerprint density at radius 1 is 0.840 bits per heavy atom. The fourth-order valence-electron chi connectivity index (χ4n) is 2.69. The number of carbonyl (C=O) groups excluding carboxylic acids is 2. The van der Waals surface area contributed by atoms with Gasteiger partial charge in [0.2, 0.25) is 0 Å². The van der Waals surface area contributed by atoms with Crippen LogP contribution in [0.1, 0.15) is 78.6 Å².